The van der Waals surface area contributed by atoms with E-state index >= 15 is 0 Å². The fourth-order valence-electron chi connectivity index (χ4n) is 3.18. The molecule has 0 bridgehead atoms. The number of rotatable bonds is 3. The smallest absolute Gasteiger partial charge is 0.306 e. The number of nitrogens with one attached hydrogen (secondary N) is 1. The molecule has 17 heavy (non-hydrogen) atoms. The van der Waals surface area contributed by atoms with E-state index in [0.717, 1.165) is 25.7 Å². The van der Waals surface area contributed by atoms with Gasteiger partial charge in [-0.3, -0.25) is 9.59 Å². The monoisotopic (exact) mass is 239 g/mol. The van der Waals surface area contributed by atoms with E-state index in [1.54, 1.807) is 0 Å². The van der Waals surface area contributed by atoms with Crippen molar-refractivity contribution in [1.82, 2.24) is 5.32 Å². The van der Waals surface area contributed by atoms with Gasteiger partial charge in [0.05, 0.1) is 5.92 Å². The summed E-state index contributed by atoms with van der Waals surface area (Å²) in [5, 5.41) is 11.9. The molecule has 0 saturated heterocycles. The van der Waals surface area contributed by atoms with Crippen LogP contribution >= 0.6 is 0 Å². The highest BCUT2D eigenvalue weighted by atomic mass is 16.4. The molecular formula is C13H21NO3. The summed E-state index contributed by atoms with van der Waals surface area (Å²) in [6.07, 6.45) is 5.37. The summed E-state index contributed by atoms with van der Waals surface area (Å²) < 4.78 is 0. The molecule has 0 spiro atoms. The summed E-state index contributed by atoms with van der Waals surface area (Å²) in [5.41, 5.74) is 0. The van der Waals surface area contributed by atoms with Crippen molar-refractivity contribution in [2.24, 2.45) is 17.8 Å². The molecule has 96 valence electrons. The van der Waals surface area contributed by atoms with Gasteiger partial charge < -0.3 is 10.4 Å². The second kappa shape index (κ2) is 5.07. The number of carbonyl (C=O) groups excluding carboxylic acids is 1. The summed E-state index contributed by atoms with van der Waals surface area (Å²) in [6.45, 7) is 2.13. The molecule has 4 heteroatoms. The zero-order chi connectivity index (χ0) is 12.4. The first-order valence-corrected chi connectivity index (χ1v) is 6.61. The predicted molar refractivity (Wildman–Crippen MR) is 63.4 cm³/mol. The molecule has 4 atom stereocenters. The third-order valence-corrected chi connectivity index (χ3v) is 4.33. The first-order valence-electron chi connectivity index (χ1n) is 6.61. The molecule has 2 fully saturated rings. The average molecular weight is 239 g/mol. The zero-order valence-electron chi connectivity index (χ0n) is 10.3. The molecule has 2 rings (SSSR count). The van der Waals surface area contributed by atoms with Crippen molar-refractivity contribution < 1.29 is 14.7 Å². The van der Waals surface area contributed by atoms with E-state index in [1.807, 2.05) is 0 Å². The van der Waals surface area contributed by atoms with Crippen molar-refractivity contribution >= 4 is 11.9 Å². The molecule has 2 N–H and O–H groups in total. The van der Waals surface area contributed by atoms with Crippen LogP contribution in [0.3, 0.4) is 0 Å². The van der Waals surface area contributed by atoms with Crippen molar-refractivity contribution in [2.75, 3.05) is 0 Å². The van der Waals surface area contributed by atoms with Crippen LogP contribution in [-0.4, -0.2) is 23.0 Å². The van der Waals surface area contributed by atoms with E-state index in [-0.39, 0.29) is 23.8 Å². The molecule has 4 nitrogen and oxygen atoms in total. The summed E-state index contributed by atoms with van der Waals surface area (Å²) in [5.74, 6) is -0.214. The molecule has 0 radical (unpaired) electrons. The van der Waals surface area contributed by atoms with Gasteiger partial charge in [0.1, 0.15) is 0 Å². The molecular weight excluding hydrogens is 218 g/mol. The highest BCUT2D eigenvalue weighted by Gasteiger charge is 2.34. The minimum Gasteiger partial charge on any atom is -0.481 e. The maximum atomic E-state index is 12.0. The zero-order valence-corrected chi connectivity index (χ0v) is 10.3. The maximum Gasteiger partial charge on any atom is 0.306 e. The van der Waals surface area contributed by atoms with Crippen molar-refractivity contribution in [1.29, 1.82) is 0 Å². The molecule has 0 aliphatic heterocycles. The Kier molecular flexibility index (Phi) is 3.69. The highest BCUT2D eigenvalue weighted by Crippen LogP contribution is 2.32. The number of carboxylic acid groups (broad SMARTS) is 1. The lowest BCUT2D eigenvalue weighted by Gasteiger charge is -2.19. The van der Waals surface area contributed by atoms with Gasteiger partial charge in [-0.05, 0) is 38.0 Å². The fraction of sp³-hybridized carbons (Fsp3) is 0.846. The second-order valence-corrected chi connectivity index (χ2v) is 5.57. The first kappa shape index (κ1) is 12.4. The maximum absolute atomic E-state index is 12.0. The van der Waals surface area contributed by atoms with E-state index < -0.39 is 5.97 Å². The van der Waals surface area contributed by atoms with Gasteiger partial charge in [0, 0.05) is 12.0 Å². The molecule has 2 aliphatic rings. The third-order valence-electron chi connectivity index (χ3n) is 4.33. The molecule has 0 heterocycles. The van der Waals surface area contributed by atoms with Crippen LogP contribution in [0.1, 0.15) is 45.4 Å². The van der Waals surface area contributed by atoms with Crippen LogP contribution in [0.4, 0.5) is 0 Å². The Balaban J connectivity index is 1.82. The van der Waals surface area contributed by atoms with Crippen LogP contribution in [0.25, 0.3) is 0 Å². The van der Waals surface area contributed by atoms with Crippen LogP contribution in [0.5, 0.6) is 0 Å². The number of aliphatic carboxylic acids is 1. The van der Waals surface area contributed by atoms with Crippen molar-refractivity contribution in [2.45, 2.75) is 51.5 Å². The Morgan fingerprint density at radius 2 is 1.94 bits per heavy atom. The fourth-order valence-corrected chi connectivity index (χ4v) is 3.18. The van der Waals surface area contributed by atoms with E-state index in [9.17, 15) is 9.59 Å². The average Bonchev–Trinajstić information content (AvgIpc) is 2.86. The topological polar surface area (TPSA) is 66.4 Å². The number of amides is 1. The van der Waals surface area contributed by atoms with E-state index in [0.29, 0.717) is 18.8 Å². The third kappa shape index (κ3) is 2.79. The lowest BCUT2D eigenvalue weighted by atomic mass is 9.97. The van der Waals surface area contributed by atoms with Gasteiger partial charge >= 0.3 is 5.97 Å². The van der Waals surface area contributed by atoms with Crippen LogP contribution in [0.2, 0.25) is 0 Å². The van der Waals surface area contributed by atoms with Crippen LogP contribution in [0, 0.1) is 17.8 Å². The second-order valence-electron chi connectivity index (χ2n) is 5.57. The van der Waals surface area contributed by atoms with Gasteiger partial charge in [0.25, 0.3) is 0 Å². The quantitative estimate of drug-likeness (QED) is 0.789. The summed E-state index contributed by atoms with van der Waals surface area (Å²) in [4.78, 5) is 22.9. The number of hydrogen-bond acceptors (Lipinski definition) is 2. The van der Waals surface area contributed by atoms with Crippen molar-refractivity contribution in [3.05, 3.63) is 0 Å². The standard InChI is InChI=1S/C13H21NO3/c1-8-3-2-4-11(8)12(15)14-10-6-5-9(7-10)13(16)17/h8-11H,2-7H2,1H3,(H,14,15)(H,16,17). The summed E-state index contributed by atoms with van der Waals surface area (Å²) >= 11 is 0. The first-order chi connectivity index (χ1) is 8.08. The molecule has 4 unspecified atom stereocenters. The van der Waals surface area contributed by atoms with Gasteiger partial charge in [-0.25, -0.2) is 0 Å². The van der Waals surface area contributed by atoms with Gasteiger partial charge in [-0.15, -0.1) is 0 Å². The number of carbonyl (C=O) groups is 2. The normalized spacial score (nSPS) is 37.0. The lowest BCUT2D eigenvalue weighted by molar-refractivity contribution is -0.141. The van der Waals surface area contributed by atoms with E-state index in [4.69, 9.17) is 5.11 Å². The van der Waals surface area contributed by atoms with Crippen LogP contribution in [-0.2, 0) is 9.59 Å². The number of carboxylic acids is 1. The highest BCUT2D eigenvalue weighted by molar-refractivity contribution is 5.79. The Morgan fingerprint density at radius 3 is 2.47 bits per heavy atom. The van der Waals surface area contributed by atoms with E-state index in [2.05, 4.69) is 12.2 Å². The van der Waals surface area contributed by atoms with Gasteiger partial charge in [0.2, 0.25) is 5.91 Å². The Morgan fingerprint density at radius 1 is 1.18 bits per heavy atom. The van der Waals surface area contributed by atoms with Crippen molar-refractivity contribution in [3.63, 3.8) is 0 Å². The minimum absolute atomic E-state index is 0.0800. The van der Waals surface area contributed by atoms with Gasteiger partial charge in [-0.2, -0.15) is 0 Å². The van der Waals surface area contributed by atoms with Crippen LogP contribution < -0.4 is 5.32 Å². The molecule has 2 aliphatic carbocycles. The Bertz CT molecular complexity index is 316. The summed E-state index contributed by atoms with van der Waals surface area (Å²) in [6, 6.07) is 0.0800. The molecule has 1 amide bonds. The van der Waals surface area contributed by atoms with Crippen LogP contribution in [0.15, 0.2) is 0 Å². The van der Waals surface area contributed by atoms with Crippen molar-refractivity contribution in [3.8, 4) is 0 Å². The molecule has 2 saturated carbocycles. The lowest BCUT2D eigenvalue weighted by Crippen LogP contribution is -2.38. The Hall–Kier alpha value is -1.06. The largest absolute Gasteiger partial charge is 0.481 e. The molecule has 0 aromatic carbocycles. The molecule has 0 aromatic rings. The Labute approximate surface area is 102 Å². The SMILES string of the molecule is CC1CCCC1C(=O)NC1CCC(C(=O)O)C1. The number of hydrogen-bond donors (Lipinski definition) is 2. The summed E-state index contributed by atoms with van der Waals surface area (Å²) in [7, 11) is 0. The minimum atomic E-state index is -0.726. The van der Waals surface area contributed by atoms with Gasteiger partial charge in [0.15, 0.2) is 0 Å². The predicted octanol–water partition coefficient (Wildman–Crippen LogP) is 1.79. The van der Waals surface area contributed by atoms with Gasteiger partial charge in [-0.1, -0.05) is 13.3 Å². The van der Waals surface area contributed by atoms with E-state index in [1.165, 1.54) is 0 Å². The molecule has 0 aromatic heterocycles.